The van der Waals surface area contributed by atoms with Gasteiger partial charge in [0.05, 0.1) is 12.7 Å². The number of aromatic nitrogens is 3. The van der Waals surface area contributed by atoms with Gasteiger partial charge in [0.15, 0.2) is 5.69 Å². The van der Waals surface area contributed by atoms with E-state index in [9.17, 15) is 18.0 Å². The van der Waals surface area contributed by atoms with Crippen LogP contribution >= 0.6 is 15.9 Å². The van der Waals surface area contributed by atoms with Crippen molar-refractivity contribution in [1.82, 2.24) is 15.0 Å². The Morgan fingerprint density at radius 2 is 2.00 bits per heavy atom. The van der Waals surface area contributed by atoms with E-state index in [1.54, 1.807) is 18.2 Å². The van der Waals surface area contributed by atoms with E-state index in [4.69, 9.17) is 0 Å². The molecule has 0 radical (unpaired) electrons. The molecule has 0 atom stereocenters. The number of hydrogen-bond acceptors (Lipinski definition) is 3. The van der Waals surface area contributed by atoms with Crippen LogP contribution in [-0.4, -0.2) is 27.0 Å². The Morgan fingerprint density at radius 3 is 2.63 bits per heavy atom. The molecule has 0 saturated carbocycles. The molecule has 0 aliphatic rings. The minimum atomic E-state index is -4.94. The summed E-state index contributed by atoms with van der Waals surface area (Å²) in [6, 6.07) is 7.19. The van der Waals surface area contributed by atoms with Gasteiger partial charge in [0, 0.05) is 4.47 Å². The van der Waals surface area contributed by atoms with Gasteiger partial charge in [-0.05, 0) is 11.6 Å². The van der Waals surface area contributed by atoms with Crippen molar-refractivity contribution in [2.75, 3.05) is 0 Å². The zero-order valence-electron chi connectivity index (χ0n) is 9.36. The third-order valence-electron chi connectivity index (χ3n) is 2.32. The molecule has 0 spiro atoms. The van der Waals surface area contributed by atoms with Crippen LogP contribution in [0.3, 0.4) is 0 Å². The number of alkyl halides is 3. The number of carbonyl (C=O) groups is 1. The van der Waals surface area contributed by atoms with Crippen LogP contribution in [-0.2, 0) is 6.54 Å². The van der Waals surface area contributed by atoms with Gasteiger partial charge < -0.3 is 0 Å². The molecule has 0 aliphatic heterocycles. The van der Waals surface area contributed by atoms with Gasteiger partial charge >= 0.3 is 6.18 Å². The van der Waals surface area contributed by atoms with Crippen LogP contribution in [0.5, 0.6) is 0 Å². The first-order valence-corrected chi connectivity index (χ1v) is 5.92. The van der Waals surface area contributed by atoms with Crippen molar-refractivity contribution in [3.8, 4) is 0 Å². The lowest BCUT2D eigenvalue weighted by Crippen LogP contribution is -2.23. The average molecular weight is 334 g/mol. The van der Waals surface area contributed by atoms with Gasteiger partial charge in [0.2, 0.25) is 0 Å². The summed E-state index contributed by atoms with van der Waals surface area (Å²) >= 11 is 3.31. The summed E-state index contributed by atoms with van der Waals surface area (Å²) in [7, 11) is 0. The highest BCUT2D eigenvalue weighted by Gasteiger charge is 2.41. The fourth-order valence-corrected chi connectivity index (χ4v) is 1.84. The first kappa shape index (κ1) is 13.7. The highest BCUT2D eigenvalue weighted by molar-refractivity contribution is 9.10. The predicted molar refractivity (Wildman–Crippen MR) is 63.7 cm³/mol. The van der Waals surface area contributed by atoms with Crippen molar-refractivity contribution in [3.05, 3.63) is 46.2 Å². The maximum atomic E-state index is 12.2. The van der Waals surface area contributed by atoms with Crippen molar-refractivity contribution in [1.29, 1.82) is 0 Å². The van der Waals surface area contributed by atoms with Gasteiger partial charge in [0.1, 0.15) is 0 Å². The monoisotopic (exact) mass is 333 g/mol. The summed E-state index contributed by atoms with van der Waals surface area (Å²) in [6.45, 7) is 0.222. The maximum absolute atomic E-state index is 12.2. The minimum Gasteiger partial charge on any atom is -0.282 e. The molecule has 0 aliphatic carbocycles. The van der Waals surface area contributed by atoms with Crippen molar-refractivity contribution < 1.29 is 18.0 Å². The molecule has 2 rings (SSSR count). The Bertz CT molecular complexity index is 609. The number of hydrogen-bond donors (Lipinski definition) is 0. The molecule has 8 heteroatoms. The molecule has 1 heterocycles. The minimum absolute atomic E-state index is 0.222. The summed E-state index contributed by atoms with van der Waals surface area (Å²) < 4.78 is 38.6. The molecular formula is C11H7BrF3N3O. The lowest BCUT2D eigenvalue weighted by molar-refractivity contribution is -0.0888. The third kappa shape index (κ3) is 3.19. The van der Waals surface area contributed by atoms with E-state index in [-0.39, 0.29) is 6.54 Å². The second-order valence-corrected chi connectivity index (χ2v) is 4.57. The molecule has 100 valence electrons. The molecule has 0 unspecified atom stereocenters. The van der Waals surface area contributed by atoms with Crippen LogP contribution in [0.2, 0.25) is 0 Å². The van der Waals surface area contributed by atoms with Gasteiger partial charge in [0.25, 0.3) is 5.78 Å². The molecule has 1 aromatic heterocycles. The summed E-state index contributed by atoms with van der Waals surface area (Å²) in [4.78, 5) is 10.9. The SMILES string of the molecule is O=C(c1cn(Cc2ccccc2Br)nn1)C(F)(F)F. The molecule has 19 heavy (non-hydrogen) atoms. The van der Waals surface area contributed by atoms with Gasteiger partial charge in [-0.15, -0.1) is 5.10 Å². The zero-order valence-corrected chi connectivity index (χ0v) is 10.9. The molecule has 0 N–H and O–H groups in total. The Kier molecular flexibility index (Phi) is 3.70. The highest BCUT2D eigenvalue weighted by Crippen LogP contribution is 2.20. The normalized spacial score (nSPS) is 11.6. The second-order valence-electron chi connectivity index (χ2n) is 3.72. The Morgan fingerprint density at radius 1 is 1.32 bits per heavy atom. The molecule has 0 amide bonds. The average Bonchev–Trinajstić information content (AvgIpc) is 2.78. The molecular weight excluding hydrogens is 327 g/mol. The lowest BCUT2D eigenvalue weighted by atomic mass is 10.2. The van der Waals surface area contributed by atoms with Crippen LogP contribution in [0.1, 0.15) is 16.1 Å². The van der Waals surface area contributed by atoms with Gasteiger partial charge in [-0.2, -0.15) is 13.2 Å². The first-order valence-electron chi connectivity index (χ1n) is 5.13. The Balaban J connectivity index is 2.19. The van der Waals surface area contributed by atoms with E-state index in [0.29, 0.717) is 0 Å². The number of nitrogens with zero attached hydrogens (tertiary/aromatic N) is 3. The van der Waals surface area contributed by atoms with E-state index >= 15 is 0 Å². The smallest absolute Gasteiger partial charge is 0.282 e. The van der Waals surface area contributed by atoms with E-state index in [2.05, 4.69) is 26.2 Å². The molecule has 0 bridgehead atoms. The van der Waals surface area contributed by atoms with Crippen LogP contribution < -0.4 is 0 Å². The van der Waals surface area contributed by atoms with Gasteiger partial charge in [-0.25, -0.2) is 4.68 Å². The lowest BCUT2D eigenvalue weighted by Gasteiger charge is -2.03. The largest absolute Gasteiger partial charge is 0.456 e. The number of Topliss-reactive ketones (excluding diaryl/α,β-unsaturated/α-hetero) is 1. The van der Waals surface area contributed by atoms with Gasteiger partial charge in [-0.3, -0.25) is 4.79 Å². The standard InChI is InChI=1S/C11H7BrF3N3O/c12-8-4-2-1-3-7(8)5-18-6-9(16-17-18)10(19)11(13,14)15/h1-4,6H,5H2. The number of ketones is 1. The van der Waals surface area contributed by atoms with E-state index in [0.717, 1.165) is 16.2 Å². The second kappa shape index (κ2) is 5.12. The topological polar surface area (TPSA) is 47.8 Å². The van der Waals surface area contributed by atoms with Crippen molar-refractivity contribution >= 4 is 21.7 Å². The fourth-order valence-electron chi connectivity index (χ4n) is 1.43. The summed E-state index contributed by atoms with van der Waals surface area (Å²) in [5.41, 5.74) is 0.109. The predicted octanol–water partition coefficient (Wildman–Crippen LogP) is 2.83. The van der Waals surface area contributed by atoms with Crippen LogP contribution in [0.15, 0.2) is 34.9 Å². The van der Waals surface area contributed by atoms with Crippen LogP contribution in [0.4, 0.5) is 13.2 Å². The molecule has 1 aromatic carbocycles. The number of halogens is 4. The van der Waals surface area contributed by atoms with Crippen LogP contribution in [0.25, 0.3) is 0 Å². The number of carbonyl (C=O) groups excluding carboxylic acids is 1. The van der Waals surface area contributed by atoms with E-state index in [1.807, 2.05) is 6.07 Å². The maximum Gasteiger partial charge on any atom is 0.456 e. The Hall–Kier alpha value is -1.70. The molecule has 0 fully saturated rings. The Labute approximate surface area is 114 Å². The summed E-state index contributed by atoms with van der Waals surface area (Å²) in [5.74, 6) is -1.99. The fraction of sp³-hybridized carbons (Fsp3) is 0.182. The molecule has 0 saturated heterocycles. The highest BCUT2D eigenvalue weighted by atomic mass is 79.9. The van der Waals surface area contributed by atoms with Crippen molar-refractivity contribution in [3.63, 3.8) is 0 Å². The molecule has 2 aromatic rings. The number of benzene rings is 1. The van der Waals surface area contributed by atoms with Crippen molar-refractivity contribution in [2.45, 2.75) is 12.7 Å². The summed E-state index contributed by atoms with van der Waals surface area (Å²) in [5, 5.41) is 6.75. The third-order valence-corrected chi connectivity index (χ3v) is 3.09. The number of rotatable bonds is 3. The summed E-state index contributed by atoms with van der Waals surface area (Å²) in [6.07, 6.45) is -3.95. The van der Waals surface area contributed by atoms with E-state index < -0.39 is 17.7 Å². The van der Waals surface area contributed by atoms with Crippen LogP contribution in [0, 0.1) is 0 Å². The van der Waals surface area contributed by atoms with Crippen molar-refractivity contribution in [2.24, 2.45) is 0 Å². The quantitative estimate of drug-likeness (QED) is 0.811. The first-order chi connectivity index (χ1) is 8.88. The van der Waals surface area contributed by atoms with E-state index in [1.165, 1.54) is 4.68 Å². The molecule has 4 nitrogen and oxygen atoms in total. The van der Waals surface area contributed by atoms with Gasteiger partial charge in [-0.1, -0.05) is 39.3 Å². The zero-order chi connectivity index (χ0) is 14.0.